The van der Waals surface area contributed by atoms with E-state index in [9.17, 15) is 4.79 Å². The van der Waals surface area contributed by atoms with E-state index in [2.05, 4.69) is 5.32 Å². The molecule has 2 N–H and O–H groups in total. The Bertz CT molecular complexity index is 349. The van der Waals surface area contributed by atoms with Crippen LogP contribution in [-0.4, -0.2) is 17.6 Å². The van der Waals surface area contributed by atoms with Crippen molar-refractivity contribution in [2.45, 2.75) is 6.61 Å². The number of fused-ring (bicyclic) bond motifs is 1. The van der Waals surface area contributed by atoms with Crippen molar-refractivity contribution in [3.8, 4) is 5.75 Å². The Kier molecular flexibility index (Phi) is 1.90. The lowest BCUT2D eigenvalue weighted by Crippen LogP contribution is -2.24. The van der Waals surface area contributed by atoms with Crippen molar-refractivity contribution in [2.75, 3.05) is 11.9 Å². The molecule has 0 spiro atoms. The molecule has 4 nitrogen and oxygen atoms in total. The second kappa shape index (κ2) is 3.06. The summed E-state index contributed by atoms with van der Waals surface area (Å²) >= 11 is 0. The van der Waals surface area contributed by atoms with E-state index in [0.29, 0.717) is 5.75 Å². The van der Waals surface area contributed by atoms with Gasteiger partial charge in [-0.2, -0.15) is 0 Å². The Morgan fingerprint density at radius 2 is 2.38 bits per heavy atom. The smallest absolute Gasteiger partial charge is 0.330 e. The number of hydrogen-bond donors (Lipinski definition) is 2. The minimum Gasteiger partial charge on any atom is -0.423 e. The summed E-state index contributed by atoms with van der Waals surface area (Å²) in [4.78, 5) is 10.8. The van der Waals surface area contributed by atoms with E-state index >= 15 is 0 Å². The minimum absolute atomic E-state index is 0.0110. The molecule has 0 bridgehead atoms. The normalized spacial score (nSPS) is 14.4. The van der Waals surface area contributed by atoms with Gasteiger partial charge < -0.3 is 15.2 Å². The van der Waals surface area contributed by atoms with Gasteiger partial charge in [-0.15, -0.1) is 0 Å². The third-order valence-electron chi connectivity index (χ3n) is 1.87. The molecule has 0 amide bonds. The molecule has 1 aromatic rings. The summed E-state index contributed by atoms with van der Waals surface area (Å²) in [6, 6.07) is 5.16. The second-order valence-corrected chi connectivity index (χ2v) is 2.82. The third-order valence-corrected chi connectivity index (χ3v) is 1.87. The highest BCUT2D eigenvalue weighted by Crippen LogP contribution is 2.28. The largest absolute Gasteiger partial charge is 0.423 e. The molecule has 4 heteroatoms. The molecular weight excluding hydrogens is 170 g/mol. The first-order valence-electron chi connectivity index (χ1n) is 3.98. The first kappa shape index (κ1) is 8.07. The van der Waals surface area contributed by atoms with Crippen molar-refractivity contribution in [3.63, 3.8) is 0 Å². The molecule has 1 aliphatic rings. The highest BCUT2D eigenvalue weighted by molar-refractivity contribution is 5.83. The molecule has 68 valence electrons. The molecule has 0 aromatic heterocycles. The predicted molar refractivity (Wildman–Crippen MR) is 46.5 cm³/mol. The summed E-state index contributed by atoms with van der Waals surface area (Å²) in [6.45, 7) is 0.171. The lowest BCUT2D eigenvalue weighted by atomic mass is 10.2. The molecule has 13 heavy (non-hydrogen) atoms. The van der Waals surface area contributed by atoms with Gasteiger partial charge in [0.2, 0.25) is 0 Å². The molecule has 0 saturated carbocycles. The third kappa shape index (κ3) is 1.48. The molecule has 0 radical (unpaired) electrons. The van der Waals surface area contributed by atoms with Crippen molar-refractivity contribution in [3.05, 3.63) is 23.8 Å². The number of carbonyl (C=O) groups is 1. The number of hydrogen-bond acceptors (Lipinski definition) is 4. The minimum atomic E-state index is -0.288. The van der Waals surface area contributed by atoms with Gasteiger partial charge in [0.15, 0.2) is 5.75 Å². The number of anilines is 1. The van der Waals surface area contributed by atoms with Gasteiger partial charge in [-0.3, -0.25) is 0 Å². The van der Waals surface area contributed by atoms with Gasteiger partial charge in [0.25, 0.3) is 0 Å². The Labute approximate surface area is 75.1 Å². The van der Waals surface area contributed by atoms with E-state index in [1.165, 1.54) is 0 Å². The average molecular weight is 179 g/mol. The molecule has 1 heterocycles. The van der Waals surface area contributed by atoms with E-state index in [4.69, 9.17) is 9.84 Å². The zero-order valence-corrected chi connectivity index (χ0v) is 6.91. The van der Waals surface area contributed by atoms with Crippen molar-refractivity contribution in [1.29, 1.82) is 0 Å². The molecule has 0 atom stereocenters. The van der Waals surface area contributed by atoms with E-state index in [0.717, 1.165) is 11.3 Å². The fourth-order valence-electron chi connectivity index (χ4n) is 1.23. The standard InChI is InChI=1S/C9H9NO3/c11-5-6-1-2-8-7(3-6)10-4-9(12)13-8/h1-3,10-11H,4-5H2. The van der Waals surface area contributed by atoms with E-state index < -0.39 is 0 Å². The number of carbonyl (C=O) groups excluding carboxylic acids is 1. The highest BCUT2D eigenvalue weighted by atomic mass is 16.5. The van der Waals surface area contributed by atoms with Crippen LogP contribution in [0.15, 0.2) is 18.2 Å². The lowest BCUT2D eigenvalue weighted by molar-refractivity contribution is -0.132. The molecule has 0 fully saturated rings. The Morgan fingerprint density at radius 3 is 3.15 bits per heavy atom. The second-order valence-electron chi connectivity index (χ2n) is 2.82. The summed E-state index contributed by atoms with van der Waals surface area (Å²) in [5.41, 5.74) is 1.55. The molecule has 0 aliphatic carbocycles. The van der Waals surface area contributed by atoms with E-state index in [1.807, 2.05) is 0 Å². The van der Waals surface area contributed by atoms with Gasteiger partial charge in [-0.05, 0) is 17.7 Å². The molecule has 1 aromatic carbocycles. The topological polar surface area (TPSA) is 58.6 Å². The number of aliphatic hydroxyl groups excluding tert-OH is 1. The molecule has 0 unspecified atom stereocenters. The van der Waals surface area contributed by atoms with Crippen molar-refractivity contribution >= 4 is 11.7 Å². The van der Waals surface area contributed by atoms with Crippen LogP contribution in [-0.2, 0) is 11.4 Å². The van der Waals surface area contributed by atoms with Gasteiger partial charge in [0, 0.05) is 0 Å². The maximum absolute atomic E-state index is 10.8. The first-order valence-corrected chi connectivity index (χ1v) is 3.98. The quantitative estimate of drug-likeness (QED) is 0.487. The lowest BCUT2D eigenvalue weighted by Gasteiger charge is -2.17. The maximum Gasteiger partial charge on any atom is 0.330 e. The van der Waals surface area contributed by atoms with Crippen LogP contribution >= 0.6 is 0 Å². The molecule has 2 rings (SSSR count). The van der Waals surface area contributed by atoms with Crippen LogP contribution in [0.5, 0.6) is 5.75 Å². The van der Waals surface area contributed by atoms with Crippen LogP contribution in [0.4, 0.5) is 5.69 Å². The molecular formula is C9H9NO3. The van der Waals surface area contributed by atoms with E-state index in [-0.39, 0.29) is 19.1 Å². The number of rotatable bonds is 1. The SMILES string of the molecule is O=C1CNc2cc(CO)ccc2O1. The van der Waals surface area contributed by atoms with Crippen molar-refractivity contribution < 1.29 is 14.6 Å². The van der Waals surface area contributed by atoms with Crippen LogP contribution in [0, 0.1) is 0 Å². The first-order chi connectivity index (χ1) is 6.29. The van der Waals surface area contributed by atoms with Crippen LogP contribution in [0.3, 0.4) is 0 Å². The molecule has 0 saturated heterocycles. The van der Waals surface area contributed by atoms with Gasteiger partial charge >= 0.3 is 5.97 Å². The van der Waals surface area contributed by atoms with Crippen molar-refractivity contribution in [1.82, 2.24) is 0 Å². The summed E-state index contributed by atoms with van der Waals surface area (Å²) < 4.78 is 4.95. The number of esters is 1. The van der Waals surface area contributed by atoms with Crippen LogP contribution in [0.2, 0.25) is 0 Å². The number of benzene rings is 1. The van der Waals surface area contributed by atoms with Gasteiger partial charge in [0.1, 0.15) is 6.54 Å². The highest BCUT2D eigenvalue weighted by Gasteiger charge is 2.15. The monoisotopic (exact) mass is 179 g/mol. The van der Waals surface area contributed by atoms with E-state index in [1.54, 1.807) is 18.2 Å². The van der Waals surface area contributed by atoms with Crippen LogP contribution in [0.1, 0.15) is 5.56 Å². The number of ether oxygens (including phenoxy) is 1. The summed E-state index contributed by atoms with van der Waals surface area (Å²) in [5, 5.41) is 11.8. The fourth-order valence-corrected chi connectivity index (χ4v) is 1.23. The number of aliphatic hydroxyl groups is 1. The van der Waals surface area contributed by atoms with Gasteiger partial charge in [-0.25, -0.2) is 4.79 Å². The van der Waals surface area contributed by atoms with Gasteiger partial charge in [-0.1, -0.05) is 6.07 Å². The summed E-state index contributed by atoms with van der Waals surface area (Å²) in [6.07, 6.45) is 0. The zero-order valence-electron chi connectivity index (χ0n) is 6.91. The Balaban J connectivity index is 2.36. The summed E-state index contributed by atoms with van der Waals surface area (Å²) in [5.74, 6) is 0.234. The number of nitrogens with one attached hydrogen (secondary N) is 1. The summed E-state index contributed by atoms with van der Waals surface area (Å²) in [7, 11) is 0. The predicted octanol–water partition coefficient (Wildman–Crippen LogP) is 0.510. The van der Waals surface area contributed by atoms with Crippen LogP contribution in [0.25, 0.3) is 0 Å². The average Bonchev–Trinajstić information content (AvgIpc) is 2.17. The van der Waals surface area contributed by atoms with Crippen molar-refractivity contribution in [2.24, 2.45) is 0 Å². The maximum atomic E-state index is 10.8. The fraction of sp³-hybridized carbons (Fsp3) is 0.222. The molecule has 1 aliphatic heterocycles. The van der Waals surface area contributed by atoms with Crippen LogP contribution < -0.4 is 10.1 Å². The zero-order chi connectivity index (χ0) is 9.26. The Morgan fingerprint density at radius 1 is 1.54 bits per heavy atom. The van der Waals surface area contributed by atoms with Gasteiger partial charge in [0.05, 0.1) is 12.3 Å². The Hall–Kier alpha value is -1.55.